The van der Waals surface area contributed by atoms with E-state index < -0.39 is 0 Å². The lowest BCUT2D eigenvalue weighted by Crippen LogP contribution is -2.00. The minimum absolute atomic E-state index is 0.241. The van der Waals surface area contributed by atoms with E-state index in [0.29, 0.717) is 11.7 Å². The highest BCUT2D eigenvalue weighted by atomic mass is 32.2. The maximum absolute atomic E-state index is 11.7. The molecule has 16 heavy (non-hydrogen) atoms. The minimum atomic E-state index is 0.241. The first-order chi connectivity index (χ1) is 7.81. The SMILES string of the molecule is O=C(c1ccc(SCCCO)cc1)C1CC1. The van der Waals surface area contributed by atoms with Gasteiger partial charge in [-0.05, 0) is 31.4 Å². The Labute approximate surface area is 100 Å². The smallest absolute Gasteiger partial charge is 0.165 e. The van der Waals surface area contributed by atoms with Crippen LogP contribution >= 0.6 is 11.8 Å². The van der Waals surface area contributed by atoms with Crippen molar-refractivity contribution in [2.24, 2.45) is 5.92 Å². The van der Waals surface area contributed by atoms with Crippen molar-refractivity contribution in [3.63, 3.8) is 0 Å². The largest absolute Gasteiger partial charge is 0.396 e. The molecule has 1 fully saturated rings. The van der Waals surface area contributed by atoms with Gasteiger partial charge in [0.05, 0.1) is 0 Å². The number of carbonyl (C=O) groups excluding carboxylic acids is 1. The average molecular weight is 236 g/mol. The van der Waals surface area contributed by atoms with Crippen molar-refractivity contribution >= 4 is 17.5 Å². The van der Waals surface area contributed by atoms with E-state index in [4.69, 9.17) is 5.11 Å². The Morgan fingerprint density at radius 3 is 2.56 bits per heavy atom. The molecule has 1 aromatic carbocycles. The summed E-state index contributed by atoms with van der Waals surface area (Å²) >= 11 is 1.72. The molecular formula is C13H16O2S. The molecule has 0 heterocycles. The van der Waals surface area contributed by atoms with Crippen LogP contribution in [0.2, 0.25) is 0 Å². The Kier molecular flexibility index (Phi) is 4.02. The molecule has 0 saturated heterocycles. The van der Waals surface area contributed by atoms with Gasteiger partial charge in [0, 0.05) is 28.7 Å². The molecule has 3 heteroatoms. The van der Waals surface area contributed by atoms with E-state index >= 15 is 0 Å². The van der Waals surface area contributed by atoms with Crippen molar-refractivity contribution in [2.45, 2.75) is 24.2 Å². The molecule has 0 radical (unpaired) electrons. The van der Waals surface area contributed by atoms with Crippen molar-refractivity contribution in [1.82, 2.24) is 0 Å². The van der Waals surface area contributed by atoms with Crippen LogP contribution in [-0.2, 0) is 0 Å². The summed E-state index contributed by atoms with van der Waals surface area (Å²) in [6, 6.07) is 7.83. The van der Waals surface area contributed by atoms with Crippen LogP contribution in [0.1, 0.15) is 29.6 Å². The predicted octanol–water partition coefficient (Wildman–Crippen LogP) is 2.75. The zero-order valence-corrected chi connectivity index (χ0v) is 10.0. The van der Waals surface area contributed by atoms with E-state index in [2.05, 4.69) is 0 Å². The van der Waals surface area contributed by atoms with Gasteiger partial charge < -0.3 is 5.11 Å². The Balaban J connectivity index is 1.90. The third kappa shape index (κ3) is 3.09. The first-order valence-corrected chi connectivity index (χ1v) is 6.68. The summed E-state index contributed by atoms with van der Waals surface area (Å²) in [4.78, 5) is 12.9. The molecule has 0 aliphatic heterocycles. The fraction of sp³-hybridized carbons (Fsp3) is 0.462. The first-order valence-electron chi connectivity index (χ1n) is 5.69. The molecule has 1 aliphatic rings. The third-order valence-corrected chi connectivity index (χ3v) is 3.76. The number of hydrogen-bond acceptors (Lipinski definition) is 3. The highest BCUT2D eigenvalue weighted by Gasteiger charge is 2.30. The van der Waals surface area contributed by atoms with Crippen molar-refractivity contribution in [1.29, 1.82) is 0 Å². The molecule has 0 spiro atoms. The topological polar surface area (TPSA) is 37.3 Å². The lowest BCUT2D eigenvalue weighted by molar-refractivity contribution is 0.0967. The van der Waals surface area contributed by atoms with Gasteiger partial charge in [-0.25, -0.2) is 0 Å². The van der Waals surface area contributed by atoms with E-state index in [9.17, 15) is 4.79 Å². The van der Waals surface area contributed by atoms with Gasteiger partial charge in [-0.2, -0.15) is 0 Å². The van der Waals surface area contributed by atoms with Crippen molar-refractivity contribution < 1.29 is 9.90 Å². The molecule has 2 rings (SSSR count). The zero-order valence-electron chi connectivity index (χ0n) is 9.19. The van der Waals surface area contributed by atoms with Crippen LogP contribution in [0.3, 0.4) is 0 Å². The fourth-order valence-corrected chi connectivity index (χ4v) is 2.39. The summed E-state index contributed by atoms with van der Waals surface area (Å²) in [5.74, 6) is 1.52. The summed E-state index contributed by atoms with van der Waals surface area (Å²) in [6.45, 7) is 0.241. The lowest BCUT2D eigenvalue weighted by Gasteiger charge is -2.02. The van der Waals surface area contributed by atoms with E-state index in [1.165, 1.54) is 4.90 Å². The Morgan fingerprint density at radius 1 is 1.31 bits per heavy atom. The van der Waals surface area contributed by atoms with Crippen LogP contribution in [0.4, 0.5) is 0 Å². The quantitative estimate of drug-likeness (QED) is 0.469. The fourth-order valence-electron chi connectivity index (χ4n) is 1.55. The molecule has 0 unspecified atom stereocenters. The Morgan fingerprint density at radius 2 is 2.00 bits per heavy atom. The minimum Gasteiger partial charge on any atom is -0.396 e. The first kappa shape index (κ1) is 11.7. The number of benzene rings is 1. The molecule has 0 bridgehead atoms. The average Bonchev–Trinajstić information content (AvgIpc) is 3.13. The summed E-state index contributed by atoms with van der Waals surface area (Å²) in [5, 5.41) is 8.67. The number of ketones is 1. The van der Waals surface area contributed by atoms with Gasteiger partial charge in [-0.1, -0.05) is 12.1 Å². The standard InChI is InChI=1S/C13H16O2S/c14-8-1-9-16-12-6-4-11(5-7-12)13(15)10-2-3-10/h4-7,10,14H,1-3,8-9H2. The number of rotatable bonds is 6. The second-order valence-corrected chi connectivity index (χ2v) is 5.26. The van der Waals surface area contributed by atoms with Crippen LogP contribution in [0.15, 0.2) is 29.2 Å². The van der Waals surface area contributed by atoms with Gasteiger partial charge in [0.25, 0.3) is 0 Å². The number of Topliss-reactive ketones (excluding diaryl/α,β-unsaturated/α-hetero) is 1. The van der Waals surface area contributed by atoms with Gasteiger partial charge in [0.2, 0.25) is 0 Å². The Bertz CT molecular complexity index is 355. The van der Waals surface area contributed by atoms with E-state index in [1.807, 2.05) is 24.3 Å². The highest BCUT2D eigenvalue weighted by Crippen LogP contribution is 2.33. The molecule has 86 valence electrons. The van der Waals surface area contributed by atoms with Crippen LogP contribution in [0, 0.1) is 5.92 Å². The normalized spacial score (nSPS) is 15.1. The molecule has 2 nitrogen and oxygen atoms in total. The molecule has 1 N–H and O–H groups in total. The van der Waals surface area contributed by atoms with E-state index in [0.717, 1.165) is 30.6 Å². The summed E-state index contributed by atoms with van der Waals surface area (Å²) in [5.41, 5.74) is 0.842. The number of thioether (sulfide) groups is 1. The van der Waals surface area contributed by atoms with Gasteiger partial charge in [-0.3, -0.25) is 4.79 Å². The molecule has 1 aliphatic carbocycles. The highest BCUT2D eigenvalue weighted by molar-refractivity contribution is 7.99. The van der Waals surface area contributed by atoms with E-state index in [-0.39, 0.29) is 6.61 Å². The predicted molar refractivity (Wildman–Crippen MR) is 65.9 cm³/mol. The van der Waals surface area contributed by atoms with Crippen LogP contribution in [-0.4, -0.2) is 23.2 Å². The molecule has 1 saturated carbocycles. The van der Waals surface area contributed by atoms with E-state index in [1.54, 1.807) is 11.8 Å². The number of aliphatic hydroxyl groups is 1. The third-order valence-electron chi connectivity index (χ3n) is 2.66. The number of aliphatic hydroxyl groups excluding tert-OH is 1. The maximum atomic E-state index is 11.7. The van der Waals surface area contributed by atoms with Gasteiger partial charge >= 0.3 is 0 Å². The molecular weight excluding hydrogens is 220 g/mol. The summed E-state index contributed by atoms with van der Waals surface area (Å²) in [7, 11) is 0. The van der Waals surface area contributed by atoms with Gasteiger partial charge in [0.1, 0.15) is 0 Å². The zero-order chi connectivity index (χ0) is 11.4. The second kappa shape index (κ2) is 5.51. The monoisotopic (exact) mass is 236 g/mol. The summed E-state index contributed by atoms with van der Waals surface area (Å²) < 4.78 is 0. The van der Waals surface area contributed by atoms with Crippen LogP contribution in [0.25, 0.3) is 0 Å². The van der Waals surface area contributed by atoms with Gasteiger partial charge in [0.15, 0.2) is 5.78 Å². The molecule has 0 atom stereocenters. The van der Waals surface area contributed by atoms with Gasteiger partial charge in [-0.15, -0.1) is 11.8 Å². The lowest BCUT2D eigenvalue weighted by atomic mass is 10.1. The number of hydrogen-bond donors (Lipinski definition) is 1. The van der Waals surface area contributed by atoms with Crippen LogP contribution in [0.5, 0.6) is 0 Å². The van der Waals surface area contributed by atoms with Crippen molar-refractivity contribution in [3.8, 4) is 0 Å². The number of carbonyl (C=O) groups is 1. The molecule has 1 aromatic rings. The molecule has 0 amide bonds. The Hall–Kier alpha value is -0.800. The molecule has 0 aromatic heterocycles. The second-order valence-electron chi connectivity index (χ2n) is 4.09. The van der Waals surface area contributed by atoms with Crippen LogP contribution < -0.4 is 0 Å². The summed E-state index contributed by atoms with van der Waals surface area (Å²) in [6.07, 6.45) is 2.94. The maximum Gasteiger partial charge on any atom is 0.165 e. The van der Waals surface area contributed by atoms with Crippen molar-refractivity contribution in [2.75, 3.05) is 12.4 Å². The van der Waals surface area contributed by atoms with Crippen molar-refractivity contribution in [3.05, 3.63) is 29.8 Å².